The average Bonchev–Trinajstić information content (AvgIpc) is 2.35. The van der Waals surface area contributed by atoms with Crippen LogP contribution in [0.4, 0.5) is 0 Å². The Balaban J connectivity index is 2.45. The molecule has 0 radical (unpaired) electrons. The van der Waals surface area contributed by atoms with Crippen LogP contribution in [0.3, 0.4) is 0 Å². The molecule has 0 aliphatic rings. The maximum absolute atomic E-state index is 5.71. The quantitative estimate of drug-likeness (QED) is 0.565. The van der Waals surface area contributed by atoms with Crippen molar-refractivity contribution in [2.75, 3.05) is 12.5 Å². The molecule has 0 amide bonds. The number of alkyl halides is 1. The number of hydrogen-bond acceptors (Lipinski definition) is 1. The smallest absolute Gasteiger partial charge is 0.119 e. The molecule has 0 saturated heterocycles. The SMILES string of the molecule is CCCC(C)COc1ccc(C#CCCl)cc1. The summed E-state index contributed by atoms with van der Waals surface area (Å²) in [6.07, 6.45) is 2.41. The van der Waals surface area contributed by atoms with Gasteiger partial charge in [0.2, 0.25) is 0 Å². The minimum absolute atomic E-state index is 0.368. The van der Waals surface area contributed by atoms with E-state index in [-0.39, 0.29) is 0 Å². The van der Waals surface area contributed by atoms with E-state index in [0.29, 0.717) is 11.8 Å². The zero-order valence-electron chi connectivity index (χ0n) is 10.5. The first kappa shape index (κ1) is 13.9. The van der Waals surface area contributed by atoms with Gasteiger partial charge in [-0.2, -0.15) is 0 Å². The van der Waals surface area contributed by atoms with E-state index < -0.39 is 0 Å². The monoisotopic (exact) mass is 250 g/mol. The van der Waals surface area contributed by atoms with Crippen LogP contribution in [0.25, 0.3) is 0 Å². The van der Waals surface area contributed by atoms with Gasteiger partial charge in [0.1, 0.15) is 5.75 Å². The van der Waals surface area contributed by atoms with Gasteiger partial charge in [0.15, 0.2) is 0 Å². The van der Waals surface area contributed by atoms with Gasteiger partial charge in [-0.15, -0.1) is 11.6 Å². The Hall–Kier alpha value is -1.13. The molecule has 0 fully saturated rings. The number of benzene rings is 1. The molecule has 92 valence electrons. The maximum Gasteiger partial charge on any atom is 0.119 e. The highest BCUT2D eigenvalue weighted by Gasteiger charge is 2.01. The summed E-state index contributed by atoms with van der Waals surface area (Å²) in [4.78, 5) is 0. The van der Waals surface area contributed by atoms with Crippen LogP contribution in [-0.4, -0.2) is 12.5 Å². The van der Waals surface area contributed by atoms with Crippen molar-refractivity contribution in [2.45, 2.75) is 26.7 Å². The zero-order valence-corrected chi connectivity index (χ0v) is 11.3. The predicted octanol–water partition coefficient (Wildman–Crippen LogP) is 4.09. The molecule has 1 nitrogen and oxygen atoms in total. The van der Waals surface area contributed by atoms with Gasteiger partial charge in [-0.1, -0.05) is 32.1 Å². The summed E-state index contributed by atoms with van der Waals surface area (Å²) in [7, 11) is 0. The normalized spacial score (nSPS) is 11.5. The average molecular weight is 251 g/mol. The second-order valence-electron chi connectivity index (χ2n) is 4.16. The van der Waals surface area contributed by atoms with E-state index in [2.05, 4.69) is 25.7 Å². The highest BCUT2D eigenvalue weighted by Crippen LogP contribution is 2.14. The van der Waals surface area contributed by atoms with Gasteiger partial charge in [0.05, 0.1) is 12.5 Å². The Morgan fingerprint density at radius 3 is 2.59 bits per heavy atom. The molecule has 17 heavy (non-hydrogen) atoms. The molecule has 0 N–H and O–H groups in total. The maximum atomic E-state index is 5.71. The third-order valence-corrected chi connectivity index (χ3v) is 2.60. The minimum Gasteiger partial charge on any atom is -0.493 e. The van der Waals surface area contributed by atoms with Crippen LogP contribution in [0.2, 0.25) is 0 Å². The van der Waals surface area contributed by atoms with E-state index in [9.17, 15) is 0 Å². The van der Waals surface area contributed by atoms with Crippen molar-refractivity contribution in [3.63, 3.8) is 0 Å². The molecule has 0 heterocycles. The first-order chi connectivity index (χ1) is 8.26. The number of ether oxygens (including phenoxy) is 1. The Labute approximate surface area is 109 Å². The van der Waals surface area contributed by atoms with E-state index in [1.807, 2.05) is 24.3 Å². The van der Waals surface area contributed by atoms with Gasteiger partial charge in [0, 0.05) is 5.56 Å². The Kier molecular flexibility index (Phi) is 6.58. The van der Waals surface area contributed by atoms with Crippen molar-refractivity contribution in [3.05, 3.63) is 29.8 Å². The highest BCUT2D eigenvalue weighted by molar-refractivity contribution is 6.19. The summed E-state index contributed by atoms with van der Waals surface area (Å²) in [5.74, 6) is 7.68. The van der Waals surface area contributed by atoms with E-state index >= 15 is 0 Å². The molecule has 0 spiro atoms. The fourth-order valence-electron chi connectivity index (χ4n) is 1.58. The van der Waals surface area contributed by atoms with Crippen molar-refractivity contribution >= 4 is 11.6 Å². The van der Waals surface area contributed by atoms with Crippen LogP contribution in [-0.2, 0) is 0 Å². The second-order valence-corrected chi connectivity index (χ2v) is 4.43. The number of hydrogen-bond donors (Lipinski definition) is 0. The topological polar surface area (TPSA) is 9.23 Å². The Morgan fingerprint density at radius 2 is 2.00 bits per heavy atom. The standard InChI is InChI=1S/C15H19ClO/c1-3-5-13(2)12-17-15-9-7-14(8-10-15)6-4-11-16/h7-10,13H,3,5,11-12H2,1-2H3. The summed E-state index contributed by atoms with van der Waals surface area (Å²) in [6, 6.07) is 7.83. The predicted molar refractivity (Wildman–Crippen MR) is 73.6 cm³/mol. The van der Waals surface area contributed by atoms with Crippen molar-refractivity contribution < 1.29 is 4.74 Å². The lowest BCUT2D eigenvalue weighted by Gasteiger charge is -2.11. The van der Waals surface area contributed by atoms with Crippen LogP contribution in [0.5, 0.6) is 5.75 Å². The first-order valence-corrected chi connectivity index (χ1v) is 6.57. The largest absolute Gasteiger partial charge is 0.493 e. The van der Waals surface area contributed by atoms with Crippen molar-refractivity contribution in [2.24, 2.45) is 5.92 Å². The number of rotatable bonds is 5. The Bertz CT molecular complexity index is 372. The van der Waals surface area contributed by atoms with Gasteiger partial charge in [-0.05, 0) is 36.6 Å². The summed E-state index contributed by atoms with van der Waals surface area (Å²) in [5.41, 5.74) is 0.972. The van der Waals surface area contributed by atoms with Crippen molar-refractivity contribution in [1.29, 1.82) is 0 Å². The lowest BCUT2D eigenvalue weighted by molar-refractivity contribution is 0.251. The third-order valence-electron chi connectivity index (χ3n) is 2.47. The van der Waals surface area contributed by atoms with E-state index in [4.69, 9.17) is 16.3 Å². The molecule has 1 aromatic carbocycles. The fraction of sp³-hybridized carbons (Fsp3) is 0.467. The molecular weight excluding hydrogens is 232 g/mol. The molecule has 1 aromatic rings. The van der Waals surface area contributed by atoms with Gasteiger partial charge < -0.3 is 4.74 Å². The zero-order chi connectivity index (χ0) is 12.5. The van der Waals surface area contributed by atoms with E-state index in [1.54, 1.807) is 0 Å². The van der Waals surface area contributed by atoms with Gasteiger partial charge >= 0.3 is 0 Å². The molecule has 0 saturated carbocycles. The van der Waals surface area contributed by atoms with Crippen molar-refractivity contribution in [3.8, 4) is 17.6 Å². The van der Waals surface area contributed by atoms with Crippen LogP contribution < -0.4 is 4.74 Å². The molecule has 0 aliphatic heterocycles. The van der Waals surface area contributed by atoms with Crippen LogP contribution in [0.15, 0.2) is 24.3 Å². The Morgan fingerprint density at radius 1 is 1.29 bits per heavy atom. The van der Waals surface area contributed by atoms with Crippen LogP contribution in [0, 0.1) is 17.8 Å². The van der Waals surface area contributed by atoms with Crippen LogP contribution in [0.1, 0.15) is 32.3 Å². The molecule has 1 rings (SSSR count). The summed E-state index contributed by atoms with van der Waals surface area (Å²) >= 11 is 5.50. The van der Waals surface area contributed by atoms with Crippen molar-refractivity contribution in [1.82, 2.24) is 0 Å². The molecule has 1 atom stereocenters. The lowest BCUT2D eigenvalue weighted by Crippen LogP contribution is -2.07. The van der Waals surface area contributed by atoms with E-state index in [0.717, 1.165) is 17.9 Å². The summed E-state index contributed by atoms with van der Waals surface area (Å²) < 4.78 is 5.71. The third kappa shape index (κ3) is 5.65. The van der Waals surface area contributed by atoms with Gasteiger partial charge in [-0.3, -0.25) is 0 Å². The van der Waals surface area contributed by atoms with E-state index in [1.165, 1.54) is 12.8 Å². The van der Waals surface area contributed by atoms with Gasteiger partial charge in [-0.25, -0.2) is 0 Å². The molecule has 0 aliphatic carbocycles. The second kappa shape index (κ2) is 8.03. The summed E-state index contributed by atoms with van der Waals surface area (Å²) in [6.45, 7) is 5.19. The van der Waals surface area contributed by atoms with Gasteiger partial charge in [0.25, 0.3) is 0 Å². The molecule has 0 aromatic heterocycles. The first-order valence-electron chi connectivity index (χ1n) is 6.04. The summed E-state index contributed by atoms with van der Waals surface area (Å²) in [5, 5.41) is 0. The molecule has 2 heteroatoms. The highest BCUT2D eigenvalue weighted by atomic mass is 35.5. The lowest BCUT2D eigenvalue weighted by atomic mass is 10.1. The fourth-order valence-corrected chi connectivity index (χ4v) is 1.65. The molecule has 0 bridgehead atoms. The number of halogens is 1. The molecular formula is C15H19ClO. The minimum atomic E-state index is 0.368. The van der Waals surface area contributed by atoms with Crippen LogP contribution >= 0.6 is 11.6 Å². The molecule has 1 unspecified atom stereocenters.